The summed E-state index contributed by atoms with van der Waals surface area (Å²) < 4.78 is 4.13. The Kier molecular flexibility index (Phi) is 5.14. The van der Waals surface area contributed by atoms with Crippen LogP contribution in [0.2, 0.25) is 10.0 Å². The van der Waals surface area contributed by atoms with E-state index >= 15 is 0 Å². The Balaban J connectivity index is 1.86. The highest BCUT2D eigenvalue weighted by Crippen LogP contribution is 2.29. The molecular weight excluding hydrogens is 499 g/mol. The van der Waals surface area contributed by atoms with Crippen molar-refractivity contribution in [2.24, 2.45) is 0 Å². The molecule has 0 atom stereocenters. The van der Waals surface area contributed by atoms with Crippen LogP contribution in [0.3, 0.4) is 0 Å². The van der Waals surface area contributed by atoms with Crippen molar-refractivity contribution in [3.05, 3.63) is 104 Å². The van der Waals surface area contributed by atoms with E-state index in [4.69, 9.17) is 28.2 Å². The summed E-state index contributed by atoms with van der Waals surface area (Å²) in [4.78, 5) is 18.5. The third-order valence-electron chi connectivity index (χ3n) is 4.86. The molecule has 0 fully saturated rings. The van der Waals surface area contributed by atoms with E-state index in [0.29, 0.717) is 38.2 Å². The first-order valence-electron chi connectivity index (χ1n) is 9.30. The van der Waals surface area contributed by atoms with Crippen LogP contribution >= 0.6 is 39.1 Å². The largest absolute Gasteiger partial charge is 0.269 e. The van der Waals surface area contributed by atoms with E-state index in [1.54, 1.807) is 33.6 Å². The highest BCUT2D eigenvalue weighted by molar-refractivity contribution is 9.10. The van der Waals surface area contributed by atoms with Crippen LogP contribution in [-0.2, 0) is 0 Å². The molecule has 8 heteroatoms. The van der Waals surface area contributed by atoms with Crippen molar-refractivity contribution >= 4 is 50.2 Å². The average Bonchev–Trinajstić information content (AvgIpc) is 3.21. The van der Waals surface area contributed by atoms with Gasteiger partial charge in [-0.05, 0) is 54.6 Å². The van der Waals surface area contributed by atoms with Gasteiger partial charge in [0.1, 0.15) is 11.2 Å². The molecule has 0 unspecified atom stereocenters. The van der Waals surface area contributed by atoms with Crippen LogP contribution in [0.15, 0.2) is 88.3 Å². The molecule has 0 saturated carbocycles. The summed E-state index contributed by atoms with van der Waals surface area (Å²) in [6, 6.07) is 22.2. The second-order valence-electron chi connectivity index (χ2n) is 6.81. The Labute approximate surface area is 195 Å². The molecule has 0 aliphatic rings. The standard InChI is InChI=1S/C23H13BrCl2N4O/c24-15-7-9-16(10-8-15)29-21(14-6-11-19(25)20(26)12-14)28-22-18(23(29)31)13-27-30(22)17-4-2-1-3-5-17/h1-13H. The molecule has 0 amide bonds. The van der Waals surface area contributed by atoms with Gasteiger partial charge in [0.25, 0.3) is 5.56 Å². The van der Waals surface area contributed by atoms with Gasteiger partial charge in [-0.15, -0.1) is 0 Å². The van der Waals surface area contributed by atoms with E-state index in [0.717, 1.165) is 10.2 Å². The lowest BCUT2D eigenvalue weighted by atomic mass is 10.2. The van der Waals surface area contributed by atoms with Gasteiger partial charge in [-0.3, -0.25) is 9.36 Å². The molecule has 3 aromatic carbocycles. The summed E-state index contributed by atoms with van der Waals surface area (Å²) in [5.41, 5.74) is 2.39. The highest BCUT2D eigenvalue weighted by Gasteiger charge is 2.19. The topological polar surface area (TPSA) is 52.7 Å². The minimum atomic E-state index is -0.226. The van der Waals surface area contributed by atoms with Gasteiger partial charge in [-0.25, -0.2) is 9.67 Å². The van der Waals surface area contributed by atoms with E-state index in [1.165, 1.54) is 0 Å². The van der Waals surface area contributed by atoms with Crippen LogP contribution in [0.1, 0.15) is 0 Å². The lowest BCUT2D eigenvalue weighted by Crippen LogP contribution is -2.22. The van der Waals surface area contributed by atoms with Gasteiger partial charge in [-0.2, -0.15) is 5.10 Å². The minimum absolute atomic E-state index is 0.226. The van der Waals surface area contributed by atoms with E-state index in [2.05, 4.69) is 21.0 Å². The molecule has 0 bridgehead atoms. The molecule has 31 heavy (non-hydrogen) atoms. The number of halogens is 3. The summed E-state index contributed by atoms with van der Waals surface area (Å²) in [6.07, 6.45) is 1.55. The third kappa shape index (κ3) is 3.57. The fourth-order valence-electron chi connectivity index (χ4n) is 3.38. The van der Waals surface area contributed by atoms with Crippen molar-refractivity contribution in [1.82, 2.24) is 19.3 Å². The van der Waals surface area contributed by atoms with Crippen LogP contribution in [-0.4, -0.2) is 19.3 Å². The van der Waals surface area contributed by atoms with Crippen LogP contribution in [0, 0.1) is 0 Å². The van der Waals surface area contributed by atoms with Gasteiger partial charge in [0.15, 0.2) is 5.65 Å². The zero-order valence-corrected chi connectivity index (χ0v) is 18.9. The molecule has 0 aliphatic carbocycles. The zero-order chi connectivity index (χ0) is 21.5. The monoisotopic (exact) mass is 510 g/mol. The lowest BCUT2D eigenvalue weighted by Gasteiger charge is -2.14. The molecule has 5 rings (SSSR count). The van der Waals surface area contributed by atoms with Crippen molar-refractivity contribution in [1.29, 1.82) is 0 Å². The molecule has 0 saturated heterocycles. The number of para-hydroxylation sites is 1. The molecule has 0 radical (unpaired) electrons. The number of aromatic nitrogens is 4. The van der Waals surface area contributed by atoms with Crippen molar-refractivity contribution < 1.29 is 0 Å². The van der Waals surface area contributed by atoms with Crippen molar-refractivity contribution in [2.45, 2.75) is 0 Å². The Bertz CT molecular complexity index is 1480. The van der Waals surface area contributed by atoms with Gasteiger partial charge < -0.3 is 0 Å². The van der Waals surface area contributed by atoms with Crippen LogP contribution in [0.5, 0.6) is 0 Å². The van der Waals surface area contributed by atoms with E-state index in [-0.39, 0.29) is 5.56 Å². The Morgan fingerprint density at radius 3 is 2.29 bits per heavy atom. The van der Waals surface area contributed by atoms with Crippen LogP contribution in [0.4, 0.5) is 0 Å². The first kappa shape index (κ1) is 20.0. The molecule has 152 valence electrons. The van der Waals surface area contributed by atoms with Gasteiger partial charge in [0, 0.05) is 10.0 Å². The second kappa shape index (κ2) is 7.96. The molecular formula is C23H13BrCl2N4O. The van der Waals surface area contributed by atoms with Crippen molar-refractivity contribution in [2.75, 3.05) is 0 Å². The van der Waals surface area contributed by atoms with E-state index in [9.17, 15) is 4.79 Å². The second-order valence-corrected chi connectivity index (χ2v) is 8.54. The first-order chi connectivity index (χ1) is 15.0. The fourth-order valence-corrected chi connectivity index (χ4v) is 3.95. The summed E-state index contributed by atoms with van der Waals surface area (Å²) in [6.45, 7) is 0. The minimum Gasteiger partial charge on any atom is -0.268 e. The van der Waals surface area contributed by atoms with Gasteiger partial charge in [0.05, 0.1) is 27.6 Å². The molecule has 0 aliphatic heterocycles. The van der Waals surface area contributed by atoms with Crippen molar-refractivity contribution in [3.63, 3.8) is 0 Å². The SMILES string of the molecule is O=c1c2cnn(-c3ccccc3)c2nc(-c2ccc(Cl)c(Cl)c2)n1-c1ccc(Br)cc1. The number of hydrogen-bond donors (Lipinski definition) is 0. The lowest BCUT2D eigenvalue weighted by molar-refractivity contribution is 0.888. The average molecular weight is 512 g/mol. The Hall–Kier alpha value is -2.93. The summed E-state index contributed by atoms with van der Waals surface area (Å²) in [5, 5.41) is 5.65. The van der Waals surface area contributed by atoms with Crippen molar-refractivity contribution in [3.8, 4) is 22.8 Å². The van der Waals surface area contributed by atoms with E-state index < -0.39 is 0 Å². The summed E-state index contributed by atoms with van der Waals surface area (Å²) in [5.74, 6) is 0.441. The van der Waals surface area contributed by atoms with Gasteiger partial charge in [-0.1, -0.05) is 57.3 Å². The summed E-state index contributed by atoms with van der Waals surface area (Å²) >= 11 is 15.8. The number of benzene rings is 3. The zero-order valence-electron chi connectivity index (χ0n) is 15.8. The predicted octanol–water partition coefficient (Wildman–Crippen LogP) is 6.31. The number of fused-ring (bicyclic) bond motifs is 1. The number of rotatable bonds is 3. The van der Waals surface area contributed by atoms with Gasteiger partial charge in [0.2, 0.25) is 0 Å². The fraction of sp³-hybridized carbons (Fsp3) is 0. The molecule has 2 heterocycles. The normalized spacial score (nSPS) is 11.2. The maximum atomic E-state index is 13.6. The molecule has 0 N–H and O–H groups in total. The molecule has 0 spiro atoms. The maximum Gasteiger partial charge on any atom is 0.269 e. The third-order valence-corrected chi connectivity index (χ3v) is 6.13. The van der Waals surface area contributed by atoms with Crippen LogP contribution < -0.4 is 5.56 Å². The Morgan fingerprint density at radius 1 is 0.839 bits per heavy atom. The molecule has 2 aromatic heterocycles. The molecule has 5 nitrogen and oxygen atoms in total. The van der Waals surface area contributed by atoms with Crippen LogP contribution in [0.25, 0.3) is 33.8 Å². The van der Waals surface area contributed by atoms with Gasteiger partial charge >= 0.3 is 0 Å². The summed E-state index contributed by atoms with van der Waals surface area (Å²) in [7, 11) is 0. The molecule has 5 aromatic rings. The number of hydrogen-bond acceptors (Lipinski definition) is 3. The predicted molar refractivity (Wildman–Crippen MR) is 128 cm³/mol. The smallest absolute Gasteiger partial charge is 0.268 e. The highest BCUT2D eigenvalue weighted by atomic mass is 79.9. The quantitative estimate of drug-likeness (QED) is 0.285. The van der Waals surface area contributed by atoms with E-state index in [1.807, 2.05) is 54.6 Å². The Morgan fingerprint density at radius 2 is 1.58 bits per heavy atom. The first-order valence-corrected chi connectivity index (χ1v) is 10.9. The maximum absolute atomic E-state index is 13.6. The number of nitrogens with zero attached hydrogens (tertiary/aromatic N) is 4.